The Morgan fingerprint density at radius 3 is 2.46 bits per heavy atom. The van der Waals surface area contributed by atoms with Crippen LogP contribution in [0.2, 0.25) is 0 Å². The summed E-state index contributed by atoms with van der Waals surface area (Å²) < 4.78 is 0. The smallest absolute Gasteiger partial charge is 0.121 e. The average Bonchev–Trinajstić information content (AvgIpc) is 3.13. The molecule has 2 nitrogen and oxygen atoms in total. The molecule has 0 saturated heterocycles. The molecular formula is C20H15ClN2S. The molecule has 1 aliphatic rings. The van der Waals surface area contributed by atoms with E-state index in [0.29, 0.717) is 5.17 Å². The molecule has 0 atom stereocenters. The lowest BCUT2D eigenvalue weighted by molar-refractivity contribution is 1.09. The maximum atomic E-state index is 5.93. The third kappa shape index (κ3) is 3.18. The second-order valence-corrected chi connectivity index (χ2v) is 6.94. The van der Waals surface area contributed by atoms with E-state index in [-0.39, 0.29) is 0 Å². The molecule has 3 aromatic rings. The van der Waals surface area contributed by atoms with Gasteiger partial charge in [-0.3, -0.25) is 0 Å². The van der Waals surface area contributed by atoms with Crippen molar-refractivity contribution in [2.45, 2.75) is 12.8 Å². The summed E-state index contributed by atoms with van der Waals surface area (Å²) in [6, 6.07) is 18.9. The van der Waals surface area contributed by atoms with E-state index in [1.54, 1.807) is 11.3 Å². The predicted molar refractivity (Wildman–Crippen MR) is 103 cm³/mol. The van der Waals surface area contributed by atoms with Gasteiger partial charge in [-0.25, -0.2) is 9.98 Å². The van der Waals surface area contributed by atoms with Crippen LogP contribution >= 0.6 is 22.9 Å². The predicted octanol–water partition coefficient (Wildman–Crippen LogP) is 6.25. The van der Waals surface area contributed by atoms with Crippen LogP contribution in [0.4, 0.5) is 0 Å². The molecular weight excluding hydrogens is 336 g/mol. The normalized spacial score (nSPS) is 14.2. The zero-order chi connectivity index (χ0) is 16.4. The van der Waals surface area contributed by atoms with Crippen molar-refractivity contribution < 1.29 is 0 Å². The fourth-order valence-corrected chi connectivity index (χ4v) is 3.73. The number of benzene rings is 2. The maximum Gasteiger partial charge on any atom is 0.121 e. The van der Waals surface area contributed by atoms with Gasteiger partial charge in [-0.2, -0.15) is 0 Å². The summed E-state index contributed by atoms with van der Waals surface area (Å²) in [6.07, 6.45) is 3.54. The second-order valence-electron chi connectivity index (χ2n) is 5.64. The number of allylic oxidation sites excluding steroid dienone is 1. The minimum absolute atomic E-state index is 0.672. The lowest BCUT2D eigenvalue weighted by Crippen LogP contribution is -1.95. The first-order valence-corrected chi connectivity index (χ1v) is 9.08. The molecule has 1 aromatic heterocycles. The van der Waals surface area contributed by atoms with E-state index in [0.717, 1.165) is 34.7 Å². The number of aliphatic imine (C=N–C) groups is 1. The summed E-state index contributed by atoms with van der Waals surface area (Å²) in [5, 5.41) is 3.81. The number of aromatic nitrogens is 1. The standard InChI is InChI=1S/C20H15ClN2S/c21-19-10-9-17(12-22-19)20-23-18(13-24-20)16-8-4-7-15(11-16)14-5-2-1-3-6-14/h1-8,11-13H,9-10H2. The number of hydrogen-bond donors (Lipinski definition) is 0. The molecule has 118 valence electrons. The molecule has 0 amide bonds. The molecule has 4 rings (SSSR count). The van der Waals surface area contributed by atoms with Gasteiger partial charge in [0, 0.05) is 29.1 Å². The van der Waals surface area contributed by atoms with E-state index in [1.807, 2.05) is 12.3 Å². The lowest BCUT2D eigenvalue weighted by Gasteiger charge is -2.07. The molecule has 0 unspecified atom stereocenters. The Bertz CT molecular complexity index is 926. The second kappa shape index (κ2) is 6.71. The van der Waals surface area contributed by atoms with Crippen LogP contribution < -0.4 is 0 Å². The van der Waals surface area contributed by atoms with Gasteiger partial charge < -0.3 is 0 Å². The summed E-state index contributed by atoms with van der Waals surface area (Å²) in [7, 11) is 0. The van der Waals surface area contributed by atoms with E-state index < -0.39 is 0 Å². The monoisotopic (exact) mass is 350 g/mol. The highest BCUT2D eigenvalue weighted by molar-refractivity contribution is 7.11. The summed E-state index contributed by atoms with van der Waals surface area (Å²) in [4.78, 5) is 9.01. The molecule has 0 radical (unpaired) electrons. The summed E-state index contributed by atoms with van der Waals surface area (Å²) in [5.41, 5.74) is 5.73. The topological polar surface area (TPSA) is 25.2 Å². The Balaban J connectivity index is 1.66. The van der Waals surface area contributed by atoms with E-state index in [1.165, 1.54) is 11.1 Å². The van der Waals surface area contributed by atoms with Gasteiger partial charge in [0.25, 0.3) is 0 Å². The van der Waals surface area contributed by atoms with Crippen LogP contribution in [0.3, 0.4) is 0 Å². The molecule has 2 aromatic carbocycles. The largest absolute Gasteiger partial charge is 0.249 e. The van der Waals surface area contributed by atoms with Gasteiger partial charge in [-0.05, 0) is 23.6 Å². The summed E-state index contributed by atoms with van der Waals surface area (Å²) >= 11 is 7.60. The highest BCUT2D eigenvalue weighted by Crippen LogP contribution is 2.32. The molecule has 0 bridgehead atoms. The van der Waals surface area contributed by atoms with Crippen LogP contribution in [0.15, 0.2) is 71.2 Å². The van der Waals surface area contributed by atoms with Crippen LogP contribution in [-0.4, -0.2) is 10.2 Å². The third-order valence-corrected chi connectivity index (χ3v) is 5.21. The van der Waals surface area contributed by atoms with Gasteiger partial charge in [-0.1, -0.05) is 60.1 Å². The number of rotatable bonds is 3. The molecule has 0 N–H and O–H groups in total. The Hall–Kier alpha value is -2.23. The van der Waals surface area contributed by atoms with E-state index >= 15 is 0 Å². The van der Waals surface area contributed by atoms with Crippen molar-refractivity contribution in [3.05, 3.63) is 71.2 Å². The minimum Gasteiger partial charge on any atom is -0.249 e. The zero-order valence-corrected chi connectivity index (χ0v) is 14.5. The van der Waals surface area contributed by atoms with E-state index in [9.17, 15) is 0 Å². The van der Waals surface area contributed by atoms with Crippen molar-refractivity contribution in [1.29, 1.82) is 0 Å². The van der Waals surface area contributed by atoms with Crippen LogP contribution in [0.5, 0.6) is 0 Å². The summed E-state index contributed by atoms with van der Waals surface area (Å²) in [5.74, 6) is 0. The number of thiazole rings is 1. The quantitative estimate of drug-likeness (QED) is 0.548. The van der Waals surface area contributed by atoms with Crippen molar-refractivity contribution in [3.63, 3.8) is 0 Å². The Morgan fingerprint density at radius 2 is 1.67 bits per heavy atom. The lowest BCUT2D eigenvalue weighted by atomic mass is 10.0. The minimum atomic E-state index is 0.672. The van der Waals surface area contributed by atoms with Crippen LogP contribution in [-0.2, 0) is 0 Å². The fourth-order valence-electron chi connectivity index (χ4n) is 2.72. The van der Waals surface area contributed by atoms with Crippen molar-refractivity contribution in [2.75, 3.05) is 0 Å². The molecule has 2 heterocycles. The molecule has 1 aliphatic heterocycles. The number of nitrogens with zero attached hydrogens (tertiary/aromatic N) is 2. The van der Waals surface area contributed by atoms with Crippen LogP contribution in [0.1, 0.15) is 17.8 Å². The first-order valence-electron chi connectivity index (χ1n) is 7.82. The Kier molecular flexibility index (Phi) is 4.28. The third-order valence-electron chi connectivity index (χ3n) is 4.01. The van der Waals surface area contributed by atoms with Crippen LogP contribution in [0.25, 0.3) is 28.0 Å². The van der Waals surface area contributed by atoms with Gasteiger partial charge in [0.2, 0.25) is 0 Å². The average molecular weight is 351 g/mol. The van der Waals surface area contributed by atoms with E-state index in [2.05, 4.69) is 58.9 Å². The van der Waals surface area contributed by atoms with Crippen molar-refractivity contribution in [3.8, 4) is 22.4 Å². The first kappa shape index (κ1) is 15.3. The van der Waals surface area contributed by atoms with Crippen molar-refractivity contribution in [2.24, 2.45) is 4.99 Å². The highest BCUT2D eigenvalue weighted by Gasteiger charge is 2.13. The molecule has 0 spiro atoms. The SMILES string of the molecule is ClC1=NC=C(c2nc(-c3cccc(-c4ccccc4)c3)cs2)CC1. The summed E-state index contributed by atoms with van der Waals surface area (Å²) in [6.45, 7) is 0. The van der Waals surface area contributed by atoms with Gasteiger partial charge in [0.15, 0.2) is 0 Å². The molecule has 4 heteroatoms. The molecule has 0 aliphatic carbocycles. The Morgan fingerprint density at radius 1 is 0.875 bits per heavy atom. The number of halogens is 1. The van der Waals surface area contributed by atoms with Gasteiger partial charge in [-0.15, -0.1) is 11.3 Å². The van der Waals surface area contributed by atoms with E-state index in [4.69, 9.17) is 16.6 Å². The Labute approximate surface area is 150 Å². The van der Waals surface area contributed by atoms with Gasteiger partial charge in [0.1, 0.15) is 10.2 Å². The molecule has 0 saturated carbocycles. The molecule has 24 heavy (non-hydrogen) atoms. The van der Waals surface area contributed by atoms with Gasteiger partial charge >= 0.3 is 0 Å². The highest BCUT2D eigenvalue weighted by atomic mass is 35.5. The van der Waals surface area contributed by atoms with Gasteiger partial charge in [0.05, 0.1) is 5.69 Å². The maximum absolute atomic E-state index is 5.93. The zero-order valence-electron chi connectivity index (χ0n) is 12.9. The number of hydrogen-bond acceptors (Lipinski definition) is 3. The first-order chi connectivity index (χ1) is 11.8. The van der Waals surface area contributed by atoms with Crippen molar-refractivity contribution >= 4 is 33.7 Å². The van der Waals surface area contributed by atoms with Crippen LogP contribution in [0, 0.1) is 0 Å². The van der Waals surface area contributed by atoms with Crippen molar-refractivity contribution in [1.82, 2.24) is 4.98 Å². The molecule has 0 fully saturated rings. The fraction of sp³-hybridized carbons (Fsp3) is 0.100.